The third-order valence-corrected chi connectivity index (χ3v) is 4.81. The van der Waals surface area contributed by atoms with Crippen LogP contribution in [-0.4, -0.2) is 0 Å². The summed E-state index contributed by atoms with van der Waals surface area (Å²) in [5, 5.41) is 0. The van der Waals surface area contributed by atoms with Crippen LogP contribution < -0.4 is 5.73 Å². The number of rotatable bonds is 2. The van der Waals surface area contributed by atoms with Gasteiger partial charge in [0, 0.05) is 9.75 Å². The predicted molar refractivity (Wildman–Crippen MR) is 80.2 cm³/mol. The molecule has 1 unspecified atom stereocenters. The van der Waals surface area contributed by atoms with Crippen molar-refractivity contribution in [3.8, 4) is 0 Å². The van der Waals surface area contributed by atoms with E-state index in [-0.39, 0.29) is 17.3 Å². The van der Waals surface area contributed by atoms with Crippen LogP contribution in [0.1, 0.15) is 47.7 Å². The molecule has 2 rings (SSSR count). The zero-order chi connectivity index (χ0) is 14.2. The molecule has 0 spiro atoms. The number of hydrogen-bond acceptors (Lipinski definition) is 2. The number of benzene rings is 1. The van der Waals surface area contributed by atoms with Crippen molar-refractivity contribution in [1.29, 1.82) is 0 Å². The highest BCUT2D eigenvalue weighted by molar-refractivity contribution is 7.12. The fraction of sp³-hybridized carbons (Fsp3) is 0.375. The second-order valence-electron chi connectivity index (χ2n) is 5.94. The van der Waals surface area contributed by atoms with Crippen molar-refractivity contribution in [1.82, 2.24) is 0 Å². The first kappa shape index (κ1) is 14.2. The molecular formula is C16H20FNS. The Morgan fingerprint density at radius 3 is 2.37 bits per heavy atom. The summed E-state index contributed by atoms with van der Waals surface area (Å²) in [4.78, 5) is 2.44. The van der Waals surface area contributed by atoms with E-state index in [9.17, 15) is 4.39 Å². The zero-order valence-corrected chi connectivity index (χ0v) is 12.6. The lowest BCUT2D eigenvalue weighted by molar-refractivity contribution is 0.604. The van der Waals surface area contributed by atoms with Crippen molar-refractivity contribution in [2.45, 2.75) is 39.2 Å². The molecule has 0 saturated heterocycles. The normalized spacial score (nSPS) is 13.6. The lowest BCUT2D eigenvalue weighted by atomic mass is 9.95. The highest BCUT2D eigenvalue weighted by Gasteiger charge is 2.19. The van der Waals surface area contributed by atoms with Gasteiger partial charge in [-0.15, -0.1) is 11.3 Å². The van der Waals surface area contributed by atoms with E-state index in [1.54, 1.807) is 24.3 Å². The van der Waals surface area contributed by atoms with Crippen LogP contribution in [0.3, 0.4) is 0 Å². The minimum atomic E-state index is -0.183. The second kappa shape index (κ2) is 5.06. The number of hydrogen-bond donors (Lipinski definition) is 1. The van der Waals surface area contributed by atoms with Crippen molar-refractivity contribution in [3.63, 3.8) is 0 Å². The molecule has 0 radical (unpaired) electrons. The van der Waals surface area contributed by atoms with Gasteiger partial charge in [-0.05, 0) is 41.7 Å². The Kier molecular flexibility index (Phi) is 3.79. The van der Waals surface area contributed by atoms with Crippen LogP contribution in [0.15, 0.2) is 30.3 Å². The van der Waals surface area contributed by atoms with Gasteiger partial charge >= 0.3 is 0 Å². The molecule has 0 aliphatic rings. The predicted octanol–water partition coefficient (Wildman–Crippen LogP) is 4.54. The van der Waals surface area contributed by atoms with Crippen LogP contribution >= 0.6 is 11.3 Å². The molecule has 0 fully saturated rings. The van der Waals surface area contributed by atoms with Crippen LogP contribution in [0, 0.1) is 12.7 Å². The largest absolute Gasteiger partial charge is 0.320 e. The van der Waals surface area contributed by atoms with Gasteiger partial charge in [0.05, 0.1) is 6.04 Å². The summed E-state index contributed by atoms with van der Waals surface area (Å²) in [5.74, 6) is -0.183. The maximum atomic E-state index is 13.3. The Morgan fingerprint density at radius 2 is 1.84 bits per heavy atom. The Labute approximate surface area is 118 Å². The van der Waals surface area contributed by atoms with E-state index >= 15 is 0 Å². The number of nitrogens with two attached hydrogens (primary N) is 1. The third-order valence-electron chi connectivity index (χ3n) is 3.21. The molecule has 0 saturated carbocycles. The summed E-state index contributed by atoms with van der Waals surface area (Å²) < 4.78 is 13.3. The summed E-state index contributed by atoms with van der Waals surface area (Å²) in [7, 11) is 0. The van der Waals surface area contributed by atoms with Gasteiger partial charge in [0.15, 0.2) is 0 Å². The fourth-order valence-corrected chi connectivity index (χ4v) is 3.04. The SMILES string of the molecule is Cc1cc(C(N)c2ccc(C(C)(C)C)s2)ccc1F. The first-order chi connectivity index (χ1) is 8.79. The summed E-state index contributed by atoms with van der Waals surface area (Å²) in [5.41, 5.74) is 8.02. The van der Waals surface area contributed by atoms with Crippen molar-refractivity contribution in [2.75, 3.05) is 0 Å². The van der Waals surface area contributed by atoms with Crippen LogP contribution in [0.5, 0.6) is 0 Å². The molecule has 1 aromatic heterocycles. The smallest absolute Gasteiger partial charge is 0.126 e. The Hall–Kier alpha value is -1.19. The third kappa shape index (κ3) is 3.04. The van der Waals surface area contributed by atoms with Gasteiger partial charge < -0.3 is 5.73 Å². The zero-order valence-electron chi connectivity index (χ0n) is 11.8. The van der Waals surface area contributed by atoms with Gasteiger partial charge in [-0.25, -0.2) is 4.39 Å². The van der Waals surface area contributed by atoms with Gasteiger partial charge in [-0.1, -0.05) is 32.9 Å². The van der Waals surface area contributed by atoms with Gasteiger partial charge in [0.25, 0.3) is 0 Å². The van der Waals surface area contributed by atoms with E-state index in [1.807, 2.05) is 6.07 Å². The molecule has 0 aliphatic carbocycles. The van der Waals surface area contributed by atoms with Crippen LogP contribution in [0.2, 0.25) is 0 Å². The van der Waals surface area contributed by atoms with Gasteiger partial charge in [0.2, 0.25) is 0 Å². The van der Waals surface area contributed by atoms with E-state index in [2.05, 4.69) is 32.9 Å². The molecule has 102 valence electrons. The molecule has 2 N–H and O–H groups in total. The van der Waals surface area contributed by atoms with E-state index in [0.717, 1.165) is 10.4 Å². The standard InChI is InChI=1S/C16H20FNS/c1-10-9-11(5-6-12(10)17)15(18)13-7-8-14(19-13)16(2,3)4/h5-9,15H,18H2,1-4H3. The number of aryl methyl sites for hydroxylation is 1. The fourth-order valence-electron chi connectivity index (χ4n) is 1.95. The van der Waals surface area contributed by atoms with Crippen molar-refractivity contribution >= 4 is 11.3 Å². The average Bonchev–Trinajstić information content (AvgIpc) is 2.81. The molecule has 1 atom stereocenters. The van der Waals surface area contributed by atoms with E-state index in [4.69, 9.17) is 5.73 Å². The quantitative estimate of drug-likeness (QED) is 0.856. The van der Waals surface area contributed by atoms with Crippen LogP contribution in [-0.2, 0) is 5.41 Å². The maximum absolute atomic E-state index is 13.3. The Morgan fingerprint density at radius 1 is 1.16 bits per heavy atom. The Bertz CT molecular complexity index is 581. The lowest BCUT2D eigenvalue weighted by Crippen LogP contribution is -2.11. The van der Waals surface area contributed by atoms with Crippen LogP contribution in [0.4, 0.5) is 4.39 Å². The molecule has 1 aromatic carbocycles. The van der Waals surface area contributed by atoms with Crippen molar-refractivity contribution in [3.05, 3.63) is 57.0 Å². The molecule has 0 aliphatic heterocycles. The molecular weight excluding hydrogens is 257 g/mol. The molecule has 2 aromatic rings. The number of halogens is 1. The highest BCUT2D eigenvalue weighted by Crippen LogP contribution is 2.33. The summed E-state index contributed by atoms with van der Waals surface area (Å²) in [6.07, 6.45) is 0. The highest BCUT2D eigenvalue weighted by atomic mass is 32.1. The maximum Gasteiger partial charge on any atom is 0.126 e. The first-order valence-electron chi connectivity index (χ1n) is 6.41. The lowest BCUT2D eigenvalue weighted by Gasteiger charge is -2.16. The molecule has 1 nitrogen and oxygen atoms in total. The minimum Gasteiger partial charge on any atom is -0.320 e. The molecule has 1 heterocycles. The van der Waals surface area contributed by atoms with Gasteiger partial charge in [-0.2, -0.15) is 0 Å². The first-order valence-corrected chi connectivity index (χ1v) is 7.22. The van der Waals surface area contributed by atoms with Crippen molar-refractivity contribution < 1.29 is 4.39 Å². The van der Waals surface area contributed by atoms with Gasteiger partial charge in [0.1, 0.15) is 5.82 Å². The van der Waals surface area contributed by atoms with E-state index < -0.39 is 0 Å². The van der Waals surface area contributed by atoms with Crippen LogP contribution in [0.25, 0.3) is 0 Å². The summed E-state index contributed by atoms with van der Waals surface area (Å²) in [6, 6.07) is 9.12. The molecule has 19 heavy (non-hydrogen) atoms. The van der Waals surface area contributed by atoms with E-state index in [1.165, 1.54) is 10.9 Å². The molecule has 0 bridgehead atoms. The van der Waals surface area contributed by atoms with Crippen molar-refractivity contribution in [2.24, 2.45) is 5.73 Å². The summed E-state index contributed by atoms with van der Waals surface area (Å²) >= 11 is 1.73. The topological polar surface area (TPSA) is 26.0 Å². The number of thiophene rings is 1. The monoisotopic (exact) mass is 277 g/mol. The molecule has 0 amide bonds. The average molecular weight is 277 g/mol. The second-order valence-corrected chi connectivity index (χ2v) is 7.05. The van der Waals surface area contributed by atoms with E-state index in [0.29, 0.717) is 5.56 Å². The van der Waals surface area contributed by atoms with Gasteiger partial charge in [-0.3, -0.25) is 0 Å². The summed E-state index contributed by atoms with van der Waals surface area (Å²) in [6.45, 7) is 8.34. The molecule has 3 heteroatoms. The Balaban J connectivity index is 2.31. The minimum absolute atomic E-state index is 0.140.